The third-order valence-electron chi connectivity index (χ3n) is 5.85. The van der Waals surface area contributed by atoms with Crippen LogP contribution in [0.4, 0.5) is 5.13 Å². The zero-order chi connectivity index (χ0) is 28.9. The van der Waals surface area contributed by atoms with E-state index in [1.54, 1.807) is 7.11 Å². The maximum Gasteiger partial charge on any atom is 0.331 e. The van der Waals surface area contributed by atoms with Crippen molar-refractivity contribution in [2.45, 2.75) is 47.1 Å². The maximum absolute atomic E-state index is 13.0. The number of methoxy groups -OCH3 is 1. The summed E-state index contributed by atoms with van der Waals surface area (Å²) in [6.45, 7) is 10.5. The van der Waals surface area contributed by atoms with Crippen molar-refractivity contribution in [3.63, 3.8) is 0 Å². The predicted octanol–water partition coefficient (Wildman–Crippen LogP) is 8.38. The van der Waals surface area contributed by atoms with Gasteiger partial charge in [0.15, 0.2) is 5.13 Å². The summed E-state index contributed by atoms with van der Waals surface area (Å²) in [4.78, 5) is 28.7. The van der Waals surface area contributed by atoms with E-state index in [0.29, 0.717) is 28.7 Å². The van der Waals surface area contributed by atoms with Gasteiger partial charge < -0.3 is 14.6 Å². The number of thiazole rings is 1. The summed E-state index contributed by atoms with van der Waals surface area (Å²) in [5, 5.41) is 14.5. The van der Waals surface area contributed by atoms with Crippen LogP contribution in [0.5, 0.6) is 5.75 Å². The Bertz CT molecular complexity index is 1370. The predicted molar refractivity (Wildman–Crippen MR) is 158 cm³/mol. The van der Waals surface area contributed by atoms with Crippen LogP contribution in [0.15, 0.2) is 41.3 Å². The van der Waals surface area contributed by atoms with Crippen LogP contribution in [0, 0.1) is 5.41 Å². The van der Waals surface area contributed by atoms with Crippen LogP contribution in [0.25, 0.3) is 17.3 Å². The smallest absolute Gasteiger partial charge is 0.331 e. The van der Waals surface area contributed by atoms with E-state index in [9.17, 15) is 9.59 Å². The van der Waals surface area contributed by atoms with Gasteiger partial charge in [-0.1, -0.05) is 63.0 Å². The molecule has 3 aromatic rings. The molecule has 2 N–H and O–H groups in total. The molecule has 0 bridgehead atoms. The Hall–Kier alpha value is -2.91. The van der Waals surface area contributed by atoms with Gasteiger partial charge in [-0.05, 0) is 43.0 Å². The topological polar surface area (TPSA) is 97.8 Å². The number of carbonyl (C=O) groups is 2. The molecular weight excluding hydrogens is 559 g/mol. The molecule has 0 aliphatic rings. The second-order valence-corrected chi connectivity index (χ2v) is 11.7. The highest BCUT2D eigenvalue weighted by atomic mass is 35.5. The van der Waals surface area contributed by atoms with Gasteiger partial charge in [-0.3, -0.25) is 10.1 Å². The average Bonchev–Trinajstić information content (AvgIpc) is 3.33. The highest BCUT2D eigenvalue weighted by Crippen LogP contribution is 2.44. The van der Waals surface area contributed by atoms with Crippen LogP contribution < -0.4 is 10.1 Å². The number of carboxylic acid groups (broad SMARTS) is 1. The molecular formula is C29H32Cl2N2O5S. The SMILES string of the molecule is CCCO[C@H](c1cccc(-c2csc(NC(=O)c3cc(Cl)c(/C=C(\C)C(=O)O)c(Cl)c3)n2)c1OC)C(C)(C)C. The molecule has 10 heteroatoms. The Balaban J connectivity index is 1.89. The summed E-state index contributed by atoms with van der Waals surface area (Å²) < 4.78 is 12.1. The highest BCUT2D eigenvalue weighted by molar-refractivity contribution is 7.14. The molecule has 1 atom stereocenters. The molecule has 0 unspecified atom stereocenters. The molecule has 0 saturated heterocycles. The number of aliphatic carboxylic acids is 1. The monoisotopic (exact) mass is 590 g/mol. The third-order valence-corrected chi connectivity index (χ3v) is 7.23. The van der Waals surface area contributed by atoms with E-state index in [4.69, 9.17) is 37.8 Å². The van der Waals surface area contributed by atoms with E-state index >= 15 is 0 Å². The quantitative estimate of drug-likeness (QED) is 0.230. The van der Waals surface area contributed by atoms with Crippen LogP contribution in [0.3, 0.4) is 0 Å². The Labute approximate surface area is 242 Å². The minimum atomic E-state index is -1.09. The first-order chi connectivity index (χ1) is 18.4. The molecule has 3 rings (SSSR count). The third kappa shape index (κ3) is 7.39. The van der Waals surface area contributed by atoms with Crippen molar-refractivity contribution in [3.8, 4) is 17.0 Å². The fraction of sp³-hybridized carbons (Fsp3) is 0.345. The van der Waals surface area contributed by atoms with E-state index in [-0.39, 0.29) is 32.7 Å². The van der Waals surface area contributed by atoms with E-state index < -0.39 is 11.9 Å². The molecule has 39 heavy (non-hydrogen) atoms. The van der Waals surface area contributed by atoms with Crippen molar-refractivity contribution in [1.29, 1.82) is 0 Å². The zero-order valence-electron chi connectivity index (χ0n) is 22.7. The van der Waals surface area contributed by atoms with Crippen molar-refractivity contribution in [2.24, 2.45) is 5.41 Å². The summed E-state index contributed by atoms with van der Waals surface area (Å²) in [6, 6.07) is 8.76. The van der Waals surface area contributed by atoms with Gasteiger partial charge in [0.2, 0.25) is 0 Å². The molecule has 7 nitrogen and oxygen atoms in total. The van der Waals surface area contributed by atoms with Crippen LogP contribution in [0.2, 0.25) is 10.0 Å². The van der Waals surface area contributed by atoms with Crippen LogP contribution in [-0.2, 0) is 9.53 Å². The number of nitrogens with one attached hydrogen (secondary N) is 1. The number of carbonyl (C=O) groups excluding carboxylic acids is 1. The zero-order valence-corrected chi connectivity index (χ0v) is 25.1. The van der Waals surface area contributed by atoms with Gasteiger partial charge in [0.05, 0.1) is 29.0 Å². The van der Waals surface area contributed by atoms with Crippen molar-refractivity contribution in [2.75, 3.05) is 19.0 Å². The molecule has 0 saturated carbocycles. The number of benzene rings is 2. The first kappa shape index (κ1) is 30.6. The standard InChI is InChI=1S/C29H32Cl2N2O5S/c1-7-11-38-25(29(3,4)5)19-10-8-9-18(24(19)37-6)23-15-39-28(32-23)33-26(34)17-13-21(30)20(22(31)14-17)12-16(2)27(35)36/h8-10,12-15,25H,7,11H2,1-6H3,(H,35,36)(H,32,33,34)/b16-12+/t25-/m1/s1. The number of rotatable bonds is 10. The Morgan fingerprint density at radius 3 is 2.44 bits per heavy atom. The molecule has 0 radical (unpaired) electrons. The summed E-state index contributed by atoms with van der Waals surface area (Å²) >= 11 is 13.9. The number of hydrogen-bond acceptors (Lipinski definition) is 6. The van der Waals surface area contributed by atoms with Gasteiger partial charge in [-0.25, -0.2) is 9.78 Å². The molecule has 0 spiro atoms. The minimum absolute atomic E-state index is 0.0663. The number of ether oxygens (including phenoxy) is 2. The van der Waals surface area contributed by atoms with E-state index in [0.717, 1.165) is 17.5 Å². The molecule has 0 fully saturated rings. The Morgan fingerprint density at radius 2 is 1.87 bits per heavy atom. The fourth-order valence-corrected chi connectivity index (χ4v) is 5.29. The fourth-order valence-electron chi connectivity index (χ4n) is 3.99. The van der Waals surface area contributed by atoms with Crippen LogP contribution >= 0.6 is 34.5 Å². The average molecular weight is 592 g/mol. The van der Waals surface area contributed by atoms with Gasteiger partial charge in [-0.15, -0.1) is 11.3 Å². The molecule has 1 heterocycles. The summed E-state index contributed by atoms with van der Waals surface area (Å²) in [6.07, 6.45) is 2.08. The highest BCUT2D eigenvalue weighted by Gasteiger charge is 2.31. The van der Waals surface area contributed by atoms with Gasteiger partial charge in [0, 0.05) is 39.8 Å². The lowest BCUT2D eigenvalue weighted by Crippen LogP contribution is -2.22. The first-order valence-corrected chi connectivity index (χ1v) is 14.0. The Kier molecular flexibility index (Phi) is 10.2. The van der Waals surface area contributed by atoms with Gasteiger partial charge >= 0.3 is 5.97 Å². The van der Waals surface area contributed by atoms with Crippen LogP contribution in [0.1, 0.15) is 68.6 Å². The van der Waals surface area contributed by atoms with E-state index in [1.165, 1.54) is 36.5 Å². The number of hydrogen-bond donors (Lipinski definition) is 2. The lowest BCUT2D eigenvalue weighted by atomic mass is 9.83. The normalized spacial score (nSPS) is 12.8. The number of carboxylic acids is 1. The van der Waals surface area contributed by atoms with Gasteiger partial charge in [-0.2, -0.15) is 0 Å². The van der Waals surface area contributed by atoms with Gasteiger partial charge in [0.1, 0.15) is 5.75 Å². The Morgan fingerprint density at radius 1 is 1.21 bits per heavy atom. The maximum atomic E-state index is 13.0. The first-order valence-electron chi connectivity index (χ1n) is 12.3. The van der Waals surface area contributed by atoms with Crippen molar-refractivity contribution in [1.82, 2.24) is 4.98 Å². The number of aromatic nitrogens is 1. The number of amides is 1. The molecule has 0 aliphatic heterocycles. The largest absolute Gasteiger partial charge is 0.496 e. The summed E-state index contributed by atoms with van der Waals surface area (Å²) in [5.74, 6) is -0.865. The lowest BCUT2D eigenvalue weighted by molar-refractivity contribution is -0.132. The number of para-hydroxylation sites is 1. The molecule has 1 amide bonds. The van der Waals surface area contributed by atoms with Gasteiger partial charge in [0.25, 0.3) is 5.91 Å². The second-order valence-electron chi connectivity index (χ2n) is 10.0. The second kappa shape index (κ2) is 13.0. The molecule has 0 aliphatic carbocycles. The lowest BCUT2D eigenvalue weighted by Gasteiger charge is -2.32. The molecule has 1 aromatic heterocycles. The summed E-state index contributed by atoms with van der Waals surface area (Å²) in [5.41, 5.74) is 2.82. The molecule has 2 aromatic carbocycles. The number of nitrogens with zero attached hydrogens (tertiary/aromatic N) is 1. The number of halogens is 2. The minimum Gasteiger partial charge on any atom is -0.496 e. The summed E-state index contributed by atoms with van der Waals surface area (Å²) in [7, 11) is 1.63. The van der Waals surface area contributed by atoms with E-state index in [1.807, 2.05) is 23.6 Å². The molecule has 208 valence electrons. The van der Waals surface area contributed by atoms with E-state index in [2.05, 4.69) is 38.0 Å². The number of anilines is 1. The van der Waals surface area contributed by atoms with Crippen molar-refractivity contribution >= 4 is 57.6 Å². The van der Waals surface area contributed by atoms with Crippen molar-refractivity contribution in [3.05, 3.63) is 68.0 Å². The van der Waals surface area contributed by atoms with Crippen LogP contribution in [-0.4, -0.2) is 35.7 Å². The van der Waals surface area contributed by atoms with Crippen molar-refractivity contribution < 1.29 is 24.2 Å².